The van der Waals surface area contributed by atoms with Gasteiger partial charge >= 0.3 is 6.09 Å². The Bertz CT molecular complexity index is 558. The molecule has 0 radical (unpaired) electrons. The van der Waals surface area contributed by atoms with E-state index in [9.17, 15) is 14.9 Å². The predicted octanol–water partition coefficient (Wildman–Crippen LogP) is 2.25. The SMILES string of the molecule is O=C(OCc1ccc([N+](=O)[O-])cc1)N1CCC(=CCO)CC1. The molecule has 1 heterocycles. The topological polar surface area (TPSA) is 92.9 Å². The molecular formula is C15H18N2O5. The zero-order chi connectivity index (χ0) is 15.9. The fourth-order valence-corrected chi connectivity index (χ4v) is 2.26. The molecular weight excluding hydrogens is 288 g/mol. The average Bonchev–Trinajstić information content (AvgIpc) is 2.54. The molecule has 1 aromatic carbocycles. The van der Waals surface area contributed by atoms with E-state index >= 15 is 0 Å². The number of aliphatic hydroxyl groups is 1. The second-order valence-corrected chi connectivity index (χ2v) is 5.01. The van der Waals surface area contributed by atoms with Crippen LogP contribution >= 0.6 is 0 Å². The number of hydrogen-bond acceptors (Lipinski definition) is 5. The number of amides is 1. The number of nitro groups is 1. The number of nitrogens with zero attached hydrogens (tertiary/aromatic N) is 2. The van der Waals surface area contributed by atoms with Crippen molar-refractivity contribution in [2.75, 3.05) is 19.7 Å². The lowest BCUT2D eigenvalue weighted by molar-refractivity contribution is -0.384. The summed E-state index contributed by atoms with van der Waals surface area (Å²) < 4.78 is 5.21. The molecule has 0 aliphatic carbocycles. The van der Waals surface area contributed by atoms with Crippen LogP contribution in [-0.2, 0) is 11.3 Å². The number of non-ortho nitro benzene ring substituents is 1. The van der Waals surface area contributed by atoms with Crippen molar-refractivity contribution in [2.45, 2.75) is 19.4 Å². The van der Waals surface area contributed by atoms with Crippen molar-refractivity contribution in [3.8, 4) is 0 Å². The number of piperidine rings is 1. The maximum Gasteiger partial charge on any atom is 0.410 e. The summed E-state index contributed by atoms with van der Waals surface area (Å²) in [6, 6.07) is 5.92. The van der Waals surface area contributed by atoms with Crippen LogP contribution in [-0.4, -0.2) is 40.7 Å². The molecule has 7 nitrogen and oxygen atoms in total. The van der Waals surface area contributed by atoms with E-state index in [1.54, 1.807) is 23.1 Å². The van der Waals surface area contributed by atoms with Crippen LogP contribution in [0, 0.1) is 10.1 Å². The Morgan fingerprint density at radius 3 is 2.50 bits per heavy atom. The van der Waals surface area contributed by atoms with Crippen LogP contribution in [0.5, 0.6) is 0 Å². The van der Waals surface area contributed by atoms with E-state index in [1.807, 2.05) is 0 Å². The number of nitro benzene ring substituents is 1. The lowest BCUT2D eigenvalue weighted by Gasteiger charge is -2.27. The maximum atomic E-state index is 11.9. The van der Waals surface area contributed by atoms with E-state index in [-0.39, 0.29) is 25.0 Å². The van der Waals surface area contributed by atoms with E-state index in [1.165, 1.54) is 12.1 Å². The molecule has 22 heavy (non-hydrogen) atoms. The Morgan fingerprint density at radius 2 is 1.95 bits per heavy atom. The predicted molar refractivity (Wildman–Crippen MR) is 79.3 cm³/mol. The summed E-state index contributed by atoms with van der Waals surface area (Å²) in [6.45, 7) is 1.27. The summed E-state index contributed by atoms with van der Waals surface area (Å²) in [4.78, 5) is 23.6. The summed E-state index contributed by atoms with van der Waals surface area (Å²) in [5.41, 5.74) is 1.87. The van der Waals surface area contributed by atoms with Crippen LogP contribution < -0.4 is 0 Å². The van der Waals surface area contributed by atoms with Crippen molar-refractivity contribution in [3.63, 3.8) is 0 Å². The lowest BCUT2D eigenvalue weighted by atomic mass is 10.0. The smallest absolute Gasteiger partial charge is 0.410 e. The molecule has 1 aliphatic rings. The van der Waals surface area contributed by atoms with Crippen molar-refractivity contribution in [1.82, 2.24) is 4.90 Å². The van der Waals surface area contributed by atoms with E-state index in [2.05, 4.69) is 0 Å². The first kappa shape index (κ1) is 16.0. The number of likely N-dealkylation sites (tertiary alicyclic amines) is 1. The second-order valence-electron chi connectivity index (χ2n) is 5.01. The first-order chi connectivity index (χ1) is 10.6. The molecule has 7 heteroatoms. The van der Waals surface area contributed by atoms with Crippen LogP contribution in [0.2, 0.25) is 0 Å². The van der Waals surface area contributed by atoms with Gasteiger partial charge < -0.3 is 14.7 Å². The van der Waals surface area contributed by atoms with Crippen LogP contribution in [0.15, 0.2) is 35.9 Å². The van der Waals surface area contributed by atoms with Crippen molar-refractivity contribution in [2.24, 2.45) is 0 Å². The molecule has 1 amide bonds. The molecule has 1 aromatic rings. The fraction of sp³-hybridized carbons (Fsp3) is 0.400. The molecule has 0 atom stereocenters. The monoisotopic (exact) mass is 306 g/mol. The number of rotatable bonds is 4. The highest BCUT2D eigenvalue weighted by Gasteiger charge is 2.20. The minimum Gasteiger partial charge on any atom is -0.445 e. The molecule has 1 N–H and O–H groups in total. The van der Waals surface area contributed by atoms with E-state index in [0.29, 0.717) is 18.7 Å². The van der Waals surface area contributed by atoms with Crippen molar-refractivity contribution >= 4 is 11.8 Å². The normalized spacial score (nSPS) is 14.6. The molecule has 118 valence electrons. The van der Waals surface area contributed by atoms with Gasteiger partial charge in [-0.2, -0.15) is 0 Å². The molecule has 0 saturated carbocycles. The van der Waals surface area contributed by atoms with Gasteiger partial charge in [-0.1, -0.05) is 11.6 Å². The maximum absolute atomic E-state index is 11.9. The van der Waals surface area contributed by atoms with Gasteiger partial charge in [0, 0.05) is 25.2 Å². The molecule has 2 rings (SSSR count). The number of carbonyl (C=O) groups is 1. The van der Waals surface area contributed by atoms with Crippen molar-refractivity contribution < 1.29 is 19.6 Å². The Morgan fingerprint density at radius 1 is 1.32 bits per heavy atom. The van der Waals surface area contributed by atoms with Crippen LogP contribution in [0.3, 0.4) is 0 Å². The molecule has 0 unspecified atom stereocenters. The number of aliphatic hydroxyl groups excluding tert-OH is 1. The summed E-state index contributed by atoms with van der Waals surface area (Å²) in [7, 11) is 0. The highest BCUT2D eigenvalue weighted by atomic mass is 16.6. The van der Waals surface area contributed by atoms with Crippen LogP contribution in [0.1, 0.15) is 18.4 Å². The average molecular weight is 306 g/mol. The van der Waals surface area contributed by atoms with E-state index in [4.69, 9.17) is 9.84 Å². The van der Waals surface area contributed by atoms with Gasteiger partial charge in [0.25, 0.3) is 5.69 Å². The number of carbonyl (C=O) groups excluding carboxylic acids is 1. The zero-order valence-corrected chi connectivity index (χ0v) is 12.1. The van der Waals surface area contributed by atoms with Gasteiger partial charge in [-0.15, -0.1) is 0 Å². The molecule has 1 fully saturated rings. The van der Waals surface area contributed by atoms with Gasteiger partial charge in [0.05, 0.1) is 11.5 Å². The van der Waals surface area contributed by atoms with E-state index in [0.717, 1.165) is 18.4 Å². The quantitative estimate of drug-likeness (QED) is 0.523. The third-order valence-corrected chi connectivity index (χ3v) is 3.55. The Labute approximate surface area is 128 Å². The molecule has 1 saturated heterocycles. The second kappa shape index (κ2) is 7.56. The van der Waals surface area contributed by atoms with E-state index < -0.39 is 4.92 Å². The Hall–Kier alpha value is -2.41. The first-order valence-electron chi connectivity index (χ1n) is 7.04. The Kier molecular flexibility index (Phi) is 5.48. The number of ether oxygens (including phenoxy) is 1. The van der Waals surface area contributed by atoms with Gasteiger partial charge in [-0.05, 0) is 30.5 Å². The lowest BCUT2D eigenvalue weighted by Crippen LogP contribution is -2.36. The van der Waals surface area contributed by atoms with Crippen molar-refractivity contribution in [1.29, 1.82) is 0 Å². The highest BCUT2D eigenvalue weighted by molar-refractivity contribution is 5.67. The zero-order valence-electron chi connectivity index (χ0n) is 12.1. The summed E-state index contributed by atoms with van der Waals surface area (Å²) in [5, 5.41) is 19.4. The van der Waals surface area contributed by atoms with Crippen LogP contribution in [0.25, 0.3) is 0 Å². The fourth-order valence-electron chi connectivity index (χ4n) is 2.26. The van der Waals surface area contributed by atoms with Gasteiger partial charge in [-0.3, -0.25) is 10.1 Å². The van der Waals surface area contributed by atoms with Gasteiger partial charge in [0.2, 0.25) is 0 Å². The third kappa shape index (κ3) is 4.29. The third-order valence-electron chi connectivity index (χ3n) is 3.55. The number of hydrogen-bond donors (Lipinski definition) is 1. The molecule has 1 aliphatic heterocycles. The molecule has 0 aromatic heterocycles. The summed E-state index contributed by atoms with van der Waals surface area (Å²) in [5.74, 6) is 0. The summed E-state index contributed by atoms with van der Waals surface area (Å²) in [6.07, 6.45) is 2.88. The number of benzene rings is 1. The largest absolute Gasteiger partial charge is 0.445 e. The molecule has 0 spiro atoms. The minimum atomic E-state index is -0.471. The highest BCUT2D eigenvalue weighted by Crippen LogP contribution is 2.17. The minimum absolute atomic E-state index is 0.00862. The van der Waals surface area contributed by atoms with Gasteiger partial charge in [-0.25, -0.2) is 4.79 Å². The van der Waals surface area contributed by atoms with Gasteiger partial charge in [0.1, 0.15) is 6.61 Å². The van der Waals surface area contributed by atoms with Gasteiger partial charge in [0.15, 0.2) is 0 Å². The standard InChI is InChI=1S/C15H18N2O5/c18-10-7-12-5-8-16(9-6-12)15(19)22-11-13-1-3-14(4-2-13)17(20)21/h1-4,7,18H,5-6,8-11H2. The summed E-state index contributed by atoms with van der Waals surface area (Å²) >= 11 is 0. The Balaban J connectivity index is 1.80. The first-order valence-corrected chi connectivity index (χ1v) is 7.04. The molecule has 0 bridgehead atoms. The van der Waals surface area contributed by atoms with Crippen molar-refractivity contribution in [3.05, 3.63) is 51.6 Å². The van der Waals surface area contributed by atoms with Crippen LogP contribution in [0.4, 0.5) is 10.5 Å².